The second kappa shape index (κ2) is 4.46. The first-order chi connectivity index (χ1) is 9.22. The fraction of sp³-hybridized carbons (Fsp3) is 0.941. The minimum Gasteiger partial charge on any atom is -0.462 e. The minimum atomic E-state index is -0.106. The van der Waals surface area contributed by atoms with Gasteiger partial charge in [-0.25, -0.2) is 0 Å². The molecule has 0 aromatic carbocycles. The van der Waals surface area contributed by atoms with Crippen LogP contribution in [0.25, 0.3) is 0 Å². The second-order valence-electron chi connectivity index (χ2n) is 8.80. The van der Waals surface area contributed by atoms with Gasteiger partial charge in [0, 0.05) is 5.54 Å². The smallest absolute Gasteiger partial charge is 0.320 e. The molecule has 114 valence electrons. The highest BCUT2D eigenvalue weighted by Gasteiger charge is 2.59. The highest BCUT2D eigenvalue weighted by Crippen LogP contribution is 2.66. The Morgan fingerprint density at radius 3 is 2.25 bits per heavy atom. The molecule has 4 rings (SSSR count). The van der Waals surface area contributed by atoms with Crippen molar-refractivity contribution >= 4 is 5.97 Å². The largest absolute Gasteiger partial charge is 0.462 e. The Hall–Kier alpha value is -0.570. The average molecular weight is 279 g/mol. The third-order valence-electron chi connectivity index (χ3n) is 5.60. The van der Waals surface area contributed by atoms with Gasteiger partial charge in [-0.1, -0.05) is 13.8 Å². The molecular weight excluding hydrogens is 250 g/mol. The van der Waals surface area contributed by atoms with Crippen molar-refractivity contribution in [2.75, 3.05) is 6.54 Å². The fourth-order valence-corrected chi connectivity index (χ4v) is 6.21. The zero-order valence-corrected chi connectivity index (χ0v) is 13.4. The Labute approximate surface area is 122 Å². The molecule has 0 spiro atoms. The van der Waals surface area contributed by atoms with Crippen molar-refractivity contribution in [3.8, 4) is 0 Å². The van der Waals surface area contributed by atoms with Crippen LogP contribution in [0, 0.1) is 16.7 Å². The molecule has 0 saturated heterocycles. The van der Waals surface area contributed by atoms with Crippen LogP contribution in [0.1, 0.15) is 66.2 Å². The third kappa shape index (κ3) is 2.61. The van der Waals surface area contributed by atoms with Crippen LogP contribution in [0.15, 0.2) is 0 Å². The van der Waals surface area contributed by atoms with Gasteiger partial charge in [-0.2, -0.15) is 0 Å². The summed E-state index contributed by atoms with van der Waals surface area (Å²) in [7, 11) is 0. The summed E-state index contributed by atoms with van der Waals surface area (Å²) in [5.41, 5.74) is 1.17. The van der Waals surface area contributed by atoms with E-state index >= 15 is 0 Å². The molecule has 2 atom stereocenters. The first-order valence-electron chi connectivity index (χ1n) is 8.16. The van der Waals surface area contributed by atoms with Gasteiger partial charge in [0.15, 0.2) is 0 Å². The third-order valence-corrected chi connectivity index (χ3v) is 5.60. The van der Waals surface area contributed by atoms with Crippen LogP contribution in [0.4, 0.5) is 0 Å². The van der Waals surface area contributed by atoms with E-state index < -0.39 is 0 Å². The number of rotatable bonds is 4. The molecule has 4 aliphatic rings. The maximum Gasteiger partial charge on any atom is 0.320 e. The number of carbonyl (C=O) groups is 1. The van der Waals surface area contributed by atoms with E-state index in [1.807, 2.05) is 13.8 Å². The molecule has 3 nitrogen and oxygen atoms in total. The second-order valence-corrected chi connectivity index (χ2v) is 8.80. The molecule has 1 N–H and O–H groups in total. The van der Waals surface area contributed by atoms with Crippen molar-refractivity contribution in [3.63, 3.8) is 0 Å². The van der Waals surface area contributed by atoms with E-state index in [1.54, 1.807) is 0 Å². The molecule has 0 aliphatic heterocycles. The Bertz CT molecular complexity index is 399. The lowest BCUT2D eigenvalue weighted by Gasteiger charge is -2.65. The first kappa shape index (κ1) is 14.4. The lowest BCUT2D eigenvalue weighted by Crippen LogP contribution is -2.64. The summed E-state index contributed by atoms with van der Waals surface area (Å²) in [6, 6.07) is 0. The number of nitrogens with one attached hydrogen (secondary N) is 1. The molecule has 4 fully saturated rings. The Morgan fingerprint density at radius 1 is 1.15 bits per heavy atom. The van der Waals surface area contributed by atoms with Crippen LogP contribution in [-0.4, -0.2) is 24.2 Å². The van der Waals surface area contributed by atoms with Gasteiger partial charge in [0.05, 0.1) is 12.6 Å². The summed E-state index contributed by atoms with van der Waals surface area (Å²) in [6.07, 6.45) is 7.87. The van der Waals surface area contributed by atoms with Crippen molar-refractivity contribution in [1.29, 1.82) is 0 Å². The summed E-state index contributed by atoms with van der Waals surface area (Å²) in [5, 5.41) is 3.61. The lowest BCUT2D eigenvalue weighted by atomic mass is 9.43. The molecule has 0 radical (unpaired) electrons. The van der Waals surface area contributed by atoms with Gasteiger partial charge < -0.3 is 10.1 Å². The highest BCUT2D eigenvalue weighted by molar-refractivity contribution is 5.71. The standard InChI is InChI=1S/C17H29NO2/c1-12(2)20-14(19)8-18-17-7-13-5-15(3,10-17)9-16(4,6-13)11-17/h12-13,18H,5-11H2,1-4H3. The molecule has 0 amide bonds. The normalized spacial score (nSPS) is 46.0. The summed E-state index contributed by atoms with van der Waals surface area (Å²) < 4.78 is 5.26. The Kier molecular flexibility index (Phi) is 3.20. The Morgan fingerprint density at radius 2 is 1.75 bits per heavy atom. The van der Waals surface area contributed by atoms with Gasteiger partial charge >= 0.3 is 5.97 Å². The van der Waals surface area contributed by atoms with Crippen LogP contribution >= 0.6 is 0 Å². The van der Waals surface area contributed by atoms with E-state index in [4.69, 9.17) is 4.74 Å². The van der Waals surface area contributed by atoms with Gasteiger partial charge in [-0.3, -0.25) is 4.79 Å². The Balaban J connectivity index is 1.68. The monoisotopic (exact) mass is 279 g/mol. The van der Waals surface area contributed by atoms with E-state index in [2.05, 4.69) is 19.2 Å². The molecule has 0 aromatic rings. The zero-order valence-electron chi connectivity index (χ0n) is 13.4. The number of carbonyl (C=O) groups excluding carboxylic acids is 1. The van der Waals surface area contributed by atoms with Gasteiger partial charge in [0.1, 0.15) is 0 Å². The van der Waals surface area contributed by atoms with Crippen molar-refractivity contribution in [2.45, 2.75) is 77.9 Å². The van der Waals surface area contributed by atoms with Gasteiger partial charge in [0.2, 0.25) is 0 Å². The van der Waals surface area contributed by atoms with Crippen LogP contribution in [0.2, 0.25) is 0 Å². The highest BCUT2D eigenvalue weighted by atomic mass is 16.5. The maximum atomic E-state index is 11.8. The SMILES string of the molecule is CC(C)OC(=O)CNC12CC3CC(C)(CC(C)(C3)C1)C2. The lowest BCUT2D eigenvalue weighted by molar-refractivity contribution is -0.150. The van der Waals surface area contributed by atoms with Crippen LogP contribution < -0.4 is 5.32 Å². The summed E-state index contributed by atoms with van der Waals surface area (Å²) in [4.78, 5) is 11.8. The van der Waals surface area contributed by atoms with E-state index in [1.165, 1.54) is 38.5 Å². The molecule has 0 heterocycles. The van der Waals surface area contributed by atoms with E-state index in [-0.39, 0.29) is 17.6 Å². The van der Waals surface area contributed by atoms with Crippen molar-refractivity contribution in [1.82, 2.24) is 5.32 Å². The van der Waals surface area contributed by atoms with Crippen LogP contribution in [-0.2, 0) is 9.53 Å². The molecular formula is C17H29NO2. The first-order valence-corrected chi connectivity index (χ1v) is 8.16. The molecule has 4 aliphatic carbocycles. The van der Waals surface area contributed by atoms with Crippen LogP contribution in [0.3, 0.4) is 0 Å². The predicted molar refractivity (Wildman–Crippen MR) is 79.4 cm³/mol. The van der Waals surface area contributed by atoms with Gasteiger partial charge in [0.25, 0.3) is 0 Å². The van der Waals surface area contributed by atoms with Crippen molar-refractivity contribution < 1.29 is 9.53 Å². The average Bonchev–Trinajstić information content (AvgIpc) is 2.20. The van der Waals surface area contributed by atoms with Gasteiger partial charge in [-0.15, -0.1) is 0 Å². The summed E-state index contributed by atoms with van der Waals surface area (Å²) in [6.45, 7) is 9.10. The van der Waals surface area contributed by atoms with E-state index in [0.717, 1.165) is 5.92 Å². The molecule has 0 aromatic heterocycles. The maximum absolute atomic E-state index is 11.8. The molecule has 2 unspecified atom stereocenters. The topological polar surface area (TPSA) is 38.3 Å². The predicted octanol–water partition coefficient (Wildman–Crippen LogP) is 3.28. The number of hydrogen-bond donors (Lipinski definition) is 1. The van der Waals surface area contributed by atoms with Crippen molar-refractivity contribution in [3.05, 3.63) is 0 Å². The number of hydrogen-bond acceptors (Lipinski definition) is 3. The zero-order chi connectivity index (χ0) is 14.6. The molecule has 20 heavy (non-hydrogen) atoms. The molecule has 4 saturated carbocycles. The fourth-order valence-electron chi connectivity index (χ4n) is 6.21. The van der Waals surface area contributed by atoms with Crippen LogP contribution in [0.5, 0.6) is 0 Å². The minimum absolute atomic E-state index is 0.0179. The number of esters is 1. The van der Waals surface area contributed by atoms with Gasteiger partial charge in [-0.05, 0) is 69.1 Å². The quantitative estimate of drug-likeness (QED) is 0.803. The van der Waals surface area contributed by atoms with E-state index in [0.29, 0.717) is 17.4 Å². The molecule has 3 heteroatoms. The van der Waals surface area contributed by atoms with Crippen molar-refractivity contribution in [2.24, 2.45) is 16.7 Å². The van der Waals surface area contributed by atoms with E-state index in [9.17, 15) is 4.79 Å². The number of ether oxygens (including phenoxy) is 1. The summed E-state index contributed by atoms with van der Waals surface area (Å²) in [5.74, 6) is 0.751. The summed E-state index contributed by atoms with van der Waals surface area (Å²) >= 11 is 0. The molecule has 4 bridgehead atoms.